The number of carbonyl (C=O) groups excluding carboxylic acids is 2. The van der Waals surface area contributed by atoms with Crippen LogP contribution in [0.3, 0.4) is 0 Å². The average molecular weight is 474 g/mol. The van der Waals surface area contributed by atoms with Gasteiger partial charge in [-0.05, 0) is 54.8 Å². The predicted octanol–water partition coefficient (Wildman–Crippen LogP) is 4.22. The number of rotatable bonds is 7. The van der Waals surface area contributed by atoms with Gasteiger partial charge in [0, 0.05) is 30.3 Å². The maximum Gasteiger partial charge on any atom is 0.295 e. The number of carbonyl (C=O) groups is 2. The number of ketones is 1. The van der Waals surface area contributed by atoms with E-state index in [4.69, 9.17) is 9.47 Å². The van der Waals surface area contributed by atoms with E-state index in [0.29, 0.717) is 30.9 Å². The minimum absolute atomic E-state index is 0.0907. The van der Waals surface area contributed by atoms with Crippen molar-refractivity contribution in [2.45, 2.75) is 19.4 Å². The summed E-state index contributed by atoms with van der Waals surface area (Å²) in [5.41, 5.74) is 2.08. The van der Waals surface area contributed by atoms with Crippen LogP contribution in [0.5, 0.6) is 5.75 Å². The minimum Gasteiger partial charge on any atom is -0.507 e. The van der Waals surface area contributed by atoms with E-state index in [2.05, 4.69) is 15.9 Å². The summed E-state index contributed by atoms with van der Waals surface area (Å²) in [6, 6.07) is 11.9. The lowest BCUT2D eigenvalue weighted by atomic mass is 9.94. The van der Waals surface area contributed by atoms with Gasteiger partial charge in [-0.3, -0.25) is 9.59 Å². The molecule has 1 fully saturated rings. The van der Waals surface area contributed by atoms with Gasteiger partial charge in [0.15, 0.2) is 0 Å². The molecular formula is C23H24BrNO5. The van der Waals surface area contributed by atoms with E-state index in [9.17, 15) is 14.7 Å². The lowest BCUT2D eigenvalue weighted by molar-refractivity contribution is -0.140. The van der Waals surface area contributed by atoms with E-state index in [-0.39, 0.29) is 11.3 Å². The average Bonchev–Trinajstić information content (AvgIpc) is 2.99. The lowest BCUT2D eigenvalue weighted by Crippen LogP contribution is -2.31. The molecule has 6 nitrogen and oxygen atoms in total. The zero-order valence-electron chi connectivity index (χ0n) is 17.1. The molecule has 1 atom stereocenters. The van der Waals surface area contributed by atoms with E-state index in [1.54, 1.807) is 32.4 Å². The number of hydrogen-bond acceptors (Lipinski definition) is 5. The Morgan fingerprint density at radius 1 is 1.13 bits per heavy atom. The SMILES string of the molecule is COCCCN1C(=O)C(=O)C(=C(O)c2ccc(OC)cc2C)C1c1ccc(Br)cc1. The second-order valence-corrected chi connectivity index (χ2v) is 7.99. The quantitative estimate of drug-likeness (QED) is 0.282. The molecule has 1 N–H and O–H groups in total. The summed E-state index contributed by atoms with van der Waals surface area (Å²) in [5, 5.41) is 11.1. The number of benzene rings is 2. The third-order valence-electron chi connectivity index (χ3n) is 5.16. The summed E-state index contributed by atoms with van der Waals surface area (Å²) in [4.78, 5) is 27.3. The molecule has 7 heteroatoms. The molecule has 1 aliphatic rings. The molecule has 1 aliphatic heterocycles. The fourth-order valence-electron chi connectivity index (χ4n) is 3.66. The Labute approximate surface area is 184 Å². The topological polar surface area (TPSA) is 76.1 Å². The number of halogens is 1. The maximum absolute atomic E-state index is 13.0. The third kappa shape index (κ3) is 4.27. The van der Waals surface area contributed by atoms with Gasteiger partial charge in [-0.1, -0.05) is 28.1 Å². The fourth-order valence-corrected chi connectivity index (χ4v) is 3.92. The number of aliphatic hydroxyl groups excluding tert-OH is 1. The first-order valence-corrected chi connectivity index (χ1v) is 10.4. The number of nitrogens with zero attached hydrogens (tertiary/aromatic N) is 1. The van der Waals surface area contributed by atoms with Crippen LogP contribution in [0.1, 0.15) is 29.2 Å². The molecule has 30 heavy (non-hydrogen) atoms. The Bertz CT molecular complexity index is 984. The van der Waals surface area contributed by atoms with Gasteiger partial charge in [0.05, 0.1) is 18.7 Å². The zero-order valence-corrected chi connectivity index (χ0v) is 18.7. The van der Waals surface area contributed by atoms with Crippen LogP contribution in [0.25, 0.3) is 5.76 Å². The van der Waals surface area contributed by atoms with E-state index in [1.165, 1.54) is 4.90 Å². The number of methoxy groups -OCH3 is 2. The molecule has 2 aromatic carbocycles. The second kappa shape index (κ2) is 9.45. The third-order valence-corrected chi connectivity index (χ3v) is 5.69. The molecule has 2 aromatic rings. The number of Topliss-reactive ketones (excluding diaryl/α,β-unsaturated/α-hetero) is 1. The van der Waals surface area contributed by atoms with Gasteiger partial charge in [0.2, 0.25) is 0 Å². The first-order valence-electron chi connectivity index (χ1n) is 9.56. The Hall–Kier alpha value is -2.64. The molecule has 0 bridgehead atoms. The van der Waals surface area contributed by atoms with E-state index in [1.807, 2.05) is 31.2 Å². The molecule has 1 unspecified atom stereocenters. The number of ether oxygens (including phenoxy) is 2. The molecule has 3 rings (SSSR count). The molecule has 158 valence electrons. The number of amides is 1. The van der Waals surface area contributed by atoms with Crippen LogP contribution in [0.4, 0.5) is 0 Å². The van der Waals surface area contributed by atoms with E-state index < -0.39 is 17.7 Å². The maximum atomic E-state index is 13.0. The summed E-state index contributed by atoms with van der Waals surface area (Å²) < 4.78 is 11.2. The van der Waals surface area contributed by atoms with Crippen LogP contribution < -0.4 is 4.74 Å². The van der Waals surface area contributed by atoms with E-state index in [0.717, 1.165) is 15.6 Å². The highest BCUT2D eigenvalue weighted by atomic mass is 79.9. The Balaban J connectivity index is 2.13. The van der Waals surface area contributed by atoms with Crippen molar-refractivity contribution in [3.05, 3.63) is 69.2 Å². The van der Waals surface area contributed by atoms with Crippen LogP contribution >= 0.6 is 15.9 Å². The Morgan fingerprint density at radius 2 is 1.83 bits per heavy atom. The first kappa shape index (κ1) is 22.1. The van der Waals surface area contributed by atoms with Crippen molar-refractivity contribution in [1.82, 2.24) is 4.90 Å². The number of likely N-dealkylation sites (tertiary alicyclic amines) is 1. The number of aryl methyl sites for hydroxylation is 1. The molecule has 1 heterocycles. The number of hydrogen-bond donors (Lipinski definition) is 1. The summed E-state index contributed by atoms with van der Waals surface area (Å²) in [7, 11) is 3.15. The van der Waals surface area contributed by atoms with Crippen LogP contribution in [0, 0.1) is 6.92 Å². The molecule has 0 aromatic heterocycles. The molecule has 0 radical (unpaired) electrons. The van der Waals surface area contributed by atoms with Crippen LogP contribution in [0.15, 0.2) is 52.5 Å². The Kier molecular flexibility index (Phi) is 6.95. The van der Waals surface area contributed by atoms with Crippen molar-refractivity contribution < 1.29 is 24.2 Å². The van der Waals surface area contributed by atoms with Crippen molar-refractivity contribution in [2.75, 3.05) is 27.4 Å². The minimum atomic E-state index is -0.687. The normalized spacial score (nSPS) is 18.1. The van der Waals surface area contributed by atoms with Crippen LogP contribution in [0.2, 0.25) is 0 Å². The summed E-state index contributed by atoms with van der Waals surface area (Å²) in [5.74, 6) is -0.844. The largest absolute Gasteiger partial charge is 0.507 e. The van der Waals surface area contributed by atoms with E-state index >= 15 is 0 Å². The smallest absolute Gasteiger partial charge is 0.295 e. The molecule has 0 saturated carbocycles. The monoisotopic (exact) mass is 473 g/mol. The summed E-state index contributed by atoms with van der Waals surface area (Å²) in [6.45, 7) is 2.63. The molecule has 1 amide bonds. The van der Waals surface area contributed by atoms with Crippen LogP contribution in [-0.4, -0.2) is 49.1 Å². The van der Waals surface area contributed by atoms with Crippen molar-refractivity contribution in [1.29, 1.82) is 0 Å². The molecular weight excluding hydrogens is 450 g/mol. The predicted molar refractivity (Wildman–Crippen MR) is 117 cm³/mol. The van der Waals surface area contributed by atoms with Gasteiger partial charge in [-0.25, -0.2) is 0 Å². The van der Waals surface area contributed by atoms with Gasteiger partial charge in [0.25, 0.3) is 11.7 Å². The van der Waals surface area contributed by atoms with Crippen molar-refractivity contribution >= 4 is 33.4 Å². The van der Waals surface area contributed by atoms with Gasteiger partial charge < -0.3 is 19.5 Å². The highest BCUT2D eigenvalue weighted by Crippen LogP contribution is 2.40. The number of aliphatic hydroxyl groups is 1. The first-order chi connectivity index (χ1) is 14.4. The van der Waals surface area contributed by atoms with Gasteiger partial charge in [-0.2, -0.15) is 0 Å². The highest BCUT2D eigenvalue weighted by molar-refractivity contribution is 9.10. The fraction of sp³-hybridized carbons (Fsp3) is 0.304. The second-order valence-electron chi connectivity index (χ2n) is 7.07. The van der Waals surface area contributed by atoms with Gasteiger partial charge in [-0.15, -0.1) is 0 Å². The van der Waals surface area contributed by atoms with Crippen molar-refractivity contribution in [3.63, 3.8) is 0 Å². The zero-order chi connectivity index (χ0) is 21.8. The van der Waals surface area contributed by atoms with Gasteiger partial charge in [0.1, 0.15) is 11.5 Å². The van der Waals surface area contributed by atoms with Gasteiger partial charge >= 0.3 is 0 Å². The standard InChI is InChI=1S/C23H24BrNO5/c1-14-13-17(30-3)9-10-18(14)21(26)19-20(15-5-7-16(24)8-6-15)25(11-4-12-29-2)23(28)22(19)27/h5-10,13,20,26H,4,11-12H2,1-3H3. The molecule has 1 saturated heterocycles. The van der Waals surface area contributed by atoms with Crippen molar-refractivity contribution in [2.24, 2.45) is 0 Å². The highest BCUT2D eigenvalue weighted by Gasteiger charge is 2.45. The Morgan fingerprint density at radius 3 is 2.43 bits per heavy atom. The lowest BCUT2D eigenvalue weighted by Gasteiger charge is -2.25. The van der Waals surface area contributed by atoms with Crippen LogP contribution in [-0.2, 0) is 14.3 Å². The summed E-state index contributed by atoms with van der Waals surface area (Å²) in [6.07, 6.45) is 0.582. The molecule has 0 spiro atoms. The summed E-state index contributed by atoms with van der Waals surface area (Å²) >= 11 is 3.41. The van der Waals surface area contributed by atoms with Crippen molar-refractivity contribution in [3.8, 4) is 5.75 Å². The molecule has 0 aliphatic carbocycles.